The number of hydrogen-bond donors (Lipinski definition) is 1. The van der Waals surface area contributed by atoms with Crippen molar-refractivity contribution in [3.8, 4) is 34.7 Å². The van der Waals surface area contributed by atoms with Gasteiger partial charge in [0.05, 0.1) is 18.1 Å². The van der Waals surface area contributed by atoms with Gasteiger partial charge >= 0.3 is 5.97 Å². The first kappa shape index (κ1) is 20.0. The van der Waals surface area contributed by atoms with Crippen molar-refractivity contribution >= 4 is 5.97 Å². The predicted octanol–water partition coefficient (Wildman–Crippen LogP) is 3.78. The standard InChI is InChI=1S/C21H20N4O4/c1-12(2)28-18-8-4-14(10-15(18)11-22)21-24-20(25-29-21)17-7-5-16(23-13(17)3)6-9-19(26)27/h4-5,7-8,10,12H,6,9H2,1-3H3,(H,26,27). The van der Waals surface area contributed by atoms with Crippen molar-refractivity contribution in [1.82, 2.24) is 15.1 Å². The Hall–Kier alpha value is -3.73. The third-order valence-corrected chi connectivity index (χ3v) is 4.12. The first-order valence-corrected chi connectivity index (χ1v) is 9.11. The number of aryl methyl sites for hydroxylation is 2. The number of rotatable bonds is 7. The van der Waals surface area contributed by atoms with Gasteiger partial charge in [-0.1, -0.05) is 5.16 Å². The number of carboxylic acid groups (broad SMARTS) is 1. The van der Waals surface area contributed by atoms with Crippen molar-refractivity contribution < 1.29 is 19.2 Å². The van der Waals surface area contributed by atoms with Gasteiger partial charge in [0.15, 0.2) is 0 Å². The van der Waals surface area contributed by atoms with Gasteiger partial charge in [-0.15, -0.1) is 0 Å². The van der Waals surface area contributed by atoms with Crippen LogP contribution in [0, 0.1) is 18.3 Å². The number of carboxylic acids is 1. The van der Waals surface area contributed by atoms with Crippen molar-refractivity contribution in [1.29, 1.82) is 5.26 Å². The Labute approximate surface area is 167 Å². The van der Waals surface area contributed by atoms with Gasteiger partial charge in [0.25, 0.3) is 5.89 Å². The summed E-state index contributed by atoms with van der Waals surface area (Å²) in [5.74, 6) is 0.290. The van der Waals surface area contributed by atoms with Gasteiger partial charge in [-0.05, 0) is 51.1 Å². The largest absolute Gasteiger partial charge is 0.490 e. The Morgan fingerprint density at radius 2 is 2.07 bits per heavy atom. The lowest BCUT2D eigenvalue weighted by Gasteiger charge is -2.11. The minimum Gasteiger partial charge on any atom is -0.490 e. The summed E-state index contributed by atoms with van der Waals surface area (Å²) in [5, 5.41) is 22.2. The van der Waals surface area contributed by atoms with E-state index in [2.05, 4.69) is 21.2 Å². The van der Waals surface area contributed by atoms with Crippen LogP contribution in [-0.4, -0.2) is 32.3 Å². The van der Waals surface area contributed by atoms with Crippen LogP contribution in [0.2, 0.25) is 0 Å². The zero-order valence-electron chi connectivity index (χ0n) is 16.3. The highest BCUT2D eigenvalue weighted by molar-refractivity contribution is 5.67. The van der Waals surface area contributed by atoms with Crippen LogP contribution in [0.5, 0.6) is 5.75 Å². The van der Waals surface area contributed by atoms with Gasteiger partial charge in [0, 0.05) is 28.9 Å². The van der Waals surface area contributed by atoms with E-state index in [1.165, 1.54) is 0 Å². The van der Waals surface area contributed by atoms with Gasteiger partial charge in [-0.2, -0.15) is 10.2 Å². The average molecular weight is 392 g/mol. The lowest BCUT2D eigenvalue weighted by atomic mass is 10.1. The lowest BCUT2D eigenvalue weighted by molar-refractivity contribution is -0.136. The van der Waals surface area contributed by atoms with Crippen molar-refractivity contribution in [2.24, 2.45) is 0 Å². The zero-order valence-corrected chi connectivity index (χ0v) is 16.3. The molecule has 0 bridgehead atoms. The third kappa shape index (κ3) is 4.76. The molecule has 2 aromatic heterocycles. The lowest BCUT2D eigenvalue weighted by Crippen LogP contribution is -2.06. The molecule has 0 spiro atoms. The van der Waals surface area contributed by atoms with E-state index < -0.39 is 5.97 Å². The molecular weight excluding hydrogens is 372 g/mol. The fourth-order valence-electron chi connectivity index (χ4n) is 2.78. The van der Waals surface area contributed by atoms with Crippen molar-refractivity contribution in [3.05, 3.63) is 47.3 Å². The number of aliphatic carboxylic acids is 1. The van der Waals surface area contributed by atoms with E-state index in [0.29, 0.717) is 46.1 Å². The molecule has 8 nitrogen and oxygen atoms in total. The molecule has 0 unspecified atom stereocenters. The highest BCUT2D eigenvalue weighted by atomic mass is 16.5. The Kier molecular flexibility index (Phi) is 5.88. The normalized spacial score (nSPS) is 10.7. The van der Waals surface area contributed by atoms with E-state index >= 15 is 0 Å². The maximum Gasteiger partial charge on any atom is 0.303 e. The van der Waals surface area contributed by atoms with Crippen molar-refractivity contribution in [2.75, 3.05) is 0 Å². The van der Waals surface area contributed by atoms with Crippen LogP contribution in [0.15, 0.2) is 34.9 Å². The van der Waals surface area contributed by atoms with Crippen LogP contribution < -0.4 is 4.74 Å². The Balaban J connectivity index is 1.86. The van der Waals surface area contributed by atoms with Crippen LogP contribution in [0.1, 0.15) is 37.2 Å². The maximum atomic E-state index is 10.7. The molecule has 0 aliphatic rings. The molecule has 0 aliphatic carbocycles. The van der Waals surface area contributed by atoms with E-state index in [9.17, 15) is 10.1 Å². The summed E-state index contributed by atoms with van der Waals surface area (Å²) in [5.41, 5.74) is 3.06. The molecule has 0 atom stereocenters. The monoisotopic (exact) mass is 392 g/mol. The number of aromatic nitrogens is 3. The third-order valence-electron chi connectivity index (χ3n) is 4.12. The molecule has 0 saturated heterocycles. The molecule has 1 N–H and O–H groups in total. The molecule has 1 aromatic carbocycles. The quantitative estimate of drug-likeness (QED) is 0.644. The number of pyridine rings is 1. The van der Waals surface area contributed by atoms with Crippen LogP contribution in [0.3, 0.4) is 0 Å². The van der Waals surface area contributed by atoms with E-state index in [1.54, 1.807) is 30.3 Å². The molecule has 0 saturated carbocycles. The highest BCUT2D eigenvalue weighted by Gasteiger charge is 2.16. The van der Waals surface area contributed by atoms with Gasteiger partial charge in [0.1, 0.15) is 11.8 Å². The van der Waals surface area contributed by atoms with Crippen LogP contribution in [0.4, 0.5) is 0 Å². The highest BCUT2D eigenvalue weighted by Crippen LogP contribution is 2.28. The second-order valence-corrected chi connectivity index (χ2v) is 6.74. The summed E-state index contributed by atoms with van der Waals surface area (Å²) in [6.45, 7) is 5.59. The molecule has 2 heterocycles. The van der Waals surface area contributed by atoms with Crippen LogP contribution in [-0.2, 0) is 11.2 Å². The molecule has 0 aliphatic heterocycles. The van der Waals surface area contributed by atoms with Crippen LogP contribution in [0.25, 0.3) is 22.8 Å². The maximum absolute atomic E-state index is 10.7. The fourth-order valence-corrected chi connectivity index (χ4v) is 2.78. The number of ether oxygens (including phenoxy) is 1. The van der Waals surface area contributed by atoms with Gasteiger partial charge < -0.3 is 14.4 Å². The number of benzene rings is 1. The number of nitrogens with zero attached hydrogens (tertiary/aromatic N) is 4. The Morgan fingerprint density at radius 3 is 2.72 bits per heavy atom. The molecule has 0 radical (unpaired) electrons. The van der Waals surface area contributed by atoms with E-state index in [0.717, 1.165) is 0 Å². The van der Waals surface area contributed by atoms with Crippen molar-refractivity contribution in [2.45, 2.75) is 39.7 Å². The molecule has 3 rings (SSSR count). The Morgan fingerprint density at radius 1 is 1.28 bits per heavy atom. The van der Waals surface area contributed by atoms with Crippen molar-refractivity contribution in [3.63, 3.8) is 0 Å². The predicted molar refractivity (Wildman–Crippen MR) is 104 cm³/mol. The second kappa shape index (κ2) is 8.52. The second-order valence-electron chi connectivity index (χ2n) is 6.74. The molecule has 29 heavy (non-hydrogen) atoms. The molecule has 3 aromatic rings. The smallest absolute Gasteiger partial charge is 0.303 e. The molecule has 0 fully saturated rings. The molecule has 8 heteroatoms. The minimum absolute atomic E-state index is 0.0237. The first-order valence-electron chi connectivity index (χ1n) is 9.11. The van der Waals surface area contributed by atoms with Crippen LogP contribution >= 0.6 is 0 Å². The van der Waals surface area contributed by atoms with Gasteiger partial charge in [0.2, 0.25) is 5.82 Å². The number of carbonyl (C=O) groups is 1. The van der Waals surface area contributed by atoms with Gasteiger partial charge in [-0.25, -0.2) is 0 Å². The minimum atomic E-state index is -0.863. The first-order chi connectivity index (χ1) is 13.9. The Bertz CT molecular complexity index is 1080. The zero-order chi connectivity index (χ0) is 21.0. The van der Waals surface area contributed by atoms with Gasteiger partial charge in [-0.3, -0.25) is 9.78 Å². The van der Waals surface area contributed by atoms with E-state index in [4.69, 9.17) is 14.4 Å². The SMILES string of the molecule is Cc1nc(CCC(=O)O)ccc1-c1noc(-c2ccc(OC(C)C)c(C#N)c2)n1. The topological polar surface area (TPSA) is 122 Å². The summed E-state index contributed by atoms with van der Waals surface area (Å²) in [6, 6.07) is 10.8. The molecular formula is C21H20N4O4. The van der Waals surface area contributed by atoms with E-state index in [1.807, 2.05) is 20.8 Å². The summed E-state index contributed by atoms with van der Waals surface area (Å²) in [4.78, 5) is 19.6. The molecule has 148 valence electrons. The fraction of sp³-hybridized carbons (Fsp3) is 0.286. The summed E-state index contributed by atoms with van der Waals surface area (Å²) < 4.78 is 11.0. The summed E-state index contributed by atoms with van der Waals surface area (Å²) >= 11 is 0. The number of hydrogen-bond acceptors (Lipinski definition) is 7. The average Bonchev–Trinajstić information content (AvgIpc) is 3.16. The van der Waals surface area contributed by atoms with E-state index in [-0.39, 0.29) is 18.4 Å². The molecule has 0 amide bonds. The summed E-state index contributed by atoms with van der Waals surface area (Å²) in [7, 11) is 0. The summed E-state index contributed by atoms with van der Waals surface area (Å²) in [6.07, 6.45) is 0.336. The number of nitriles is 1.